The number of anilines is 1. The van der Waals surface area contributed by atoms with Gasteiger partial charge in [0.15, 0.2) is 10.3 Å². The molecule has 32 heavy (non-hydrogen) atoms. The molecule has 12 heteroatoms. The van der Waals surface area contributed by atoms with Crippen LogP contribution in [0.5, 0.6) is 0 Å². The molecule has 0 fully saturated rings. The molecule has 9 nitrogen and oxygen atoms in total. The highest BCUT2D eigenvalue weighted by Gasteiger charge is 2.21. The van der Waals surface area contributed by atoms with Gasteiger partial charge in [-0.25, -0.2) is 4.98 Å². The Morgan fingerprint density at radius 1 is 1.25 bits per heavy atom. The third-order valence-corrected chi connectivity index (χ3v) is 6.68. The van der Waals surface area contributed by atoms with Gasteiger partial charge in [-0.05, 0) is 43.0 Å². The predicted octanol–water partition coefficient (Wildman–Crippen LogP) is 5.21. The topological polar surface area (TPSA) is 116 Å². The van der Waals surface area contributed by atoms with Gasteiger partial charge >= 0.3 is 0 Å². The SMILES string of the molecule is Cc1sc(NC(=O)c2ccc(Sc3nncn3C)c([N+](=O)[O-])c2)nc1-c1ccc(Cl)cc1. The molecule has 0 atom stereocenters. The molecule has 0 aliphatic rings. The Bertz CT molecular complexity index is 1320. The van der Waals surface area contributed by atoms with Crippen molar-refractivity contribution in [1.29, 1.82) is 0 Å². The number of hydrogen-bond donors (Lipinski definition) is 1. The third-order valence-electron chi connectivity index (χ3n) is 4.42. The van der Waals surface area contributed by atoms with Crippen LogP contribution in [0.3, 0.4) is 0 Å². The van der Waals surface area contributed by atoms with Gasteiger partial charge in [0, 0.05) is 34.1 Å². The number of nitrogens with zero attached hydrogens (tertiary/aromatic N) is 5. The van der Waals surface area contributed by atoms with E-state index in [4.69, 9.17) is 11.6 Å². The number of nitro benzene ring substituents is 1. The molecule has 0 unspecified atom stereocenters. The summed E-state index contributed by atoms with van der Waals surface area (Å²) in [5.74, 6) is -0.486. The number of aryl methyl sites for hydroxylation is 2. The van der Waals surface area contributed by atoms with Crippen LogP contribution in [0.4, 0.5) is 10.8 Å². The molecule has 4 rings (SSSR count). The number of amides is 1. The highest BCUT2D eigenvalue weighted by atomic mass is 35.5. The normalized spacial score (nSPS) is 10.8. The maximum Gasteiger partial charge on any atom is 0.284 e. The van der Waals surface area contributed by atoms with Gasteiger partial charge < -0.3 is 4.57 Å². The summed E-state index contributed by atoms with van der Waals surface area (Å²) in [6.45, 7) is 1.90. The molecule has 0 bridgehead atoms. The first-order chi connectivity index (χ1) is 15.3. The maximum atomic E-state index is 12.8. The van der Waals surface area contributed by atoms with Gasteiger partial charge in [0.25, 0.3) is 11.6 Å². The smallest absolute Gasteiger partial charge is 0.284 e. The molecule has 2 aromatic heterocycles. The van der Waals surface area contributed by atoms with Gasteiger partial charge in [-0.1, -0.05) is 23.7 Å². The van der Waals surface area contributed by atoms with E-state index in [0.717, 1.165) is 27.9 Å². The van der Waals surface area contributed by atoms with Crippen LogP contribution >= 0.6 is 34.7 Å². The van der Waals surface area contributed by atoms with Gasteiger partial charge in [-0.15, -0.1) is 21.5 Å². The van der Waals surface area contributed by atoms with E-state index in [0.29, 0.717) is 20.2 Å². The lowest BCUT2D eigenvalue weighted by atomic mass is 10.1. The van der Waals surface area contributed by atoms with E-state index in [2.05, 4.69) is 20.5 Å². The third kappa shape index (κ3) is 4.64. The standard InChI is InChI=1S/C20H15ClN6O3S2/c1-11-17(12-3-6-14(21)7-4-12)23-19(31-11)24-18(28)13-5-8-16(15(9-13)27(29)30)32-20-25-22-10-26(20)2/h3-10H,1-2H3,(H,23,24,28). The Hall–Kier alpha value is -3.28. The Kier molecular flexibility index (Phi) is 6.21. The number of aromatic nitrogens is 4. The summed E-state index contributed by atoms with van der Waals surface area (Å²) in [6.07, 6.45) is 1.50. The first-order valence-electron chi connectivity index (χ1n) is 9.17. The second-order valence-electron chi connectivity index (χ2n) is 6.65. The van der Waals surface area contributed by atoms with E-state index >= 15 is 0 Å². The molecule has 0 aliphatic carbocycles. The lowest BCUT2D eigenvalue weighted by Gasteiger charge is -2.05. The molecule has 1 amide bonds. The van der Waals surface area contributed by atoms with Crippen molar-refractivity contribution < 1.29 is 9.72 Å². The number of carbonyl (C=O) groups excluding carboxylic acids is 1. The zero-order valence-electron chi connectivity index (χ0n) is 16.8. The predicted molar refractivity (Wildman–Crippen MR) is 123 cm³/mol. The molecule has 2 aromatic carbocycles. The van der Waals surface area contributed by atoms with Crippen molar-refractivity contribution in [2.24, 2.45) is 7.05 Å². The van der Waals surface area contributed by atoms with E-state index < -0.39 is 10.8 Å². The van der Waals surface area contributed by atoms with E-state index in [1.165, 1.54) is 35.9 Å². The van der Waals surface area contributed by atoms with Gasteiger partial charge in [0.05, 0.1) is 15.5 Å². The second kappa shape index (κ2) is 9.07. The minimum Gasteiger partial charge on any atom is -0.311 e. The second-order valence-corrected chi connectivity index (χ2v) is 9.30. The van der Waals surface area contributed by atoms with Gasteiger partial charge in [0.1, 0.15) is 6.33 Å². The average Bonchev–Trinajstić information content (AvgIpc) is 3.33. The van der Waals surface area contributed by atoms with Crippen molar-refractivity contribution in [3.05, 3.63) is 74.4 Å². The van der Waals surface area contributed by atoms with Crippen molar-refractivity contribution in [1.82, 2.24) is 19.7 Å². The Morgan fingerprint density at radius 3 is 2.66 bits per heavy atom. The maximum absolute atomic E-state index is 12.8. The lowest BCUT2D eigenvalue weighted by Crippen LogP contribution is -2.12. The van der Waals surface area contributed by atoms with Crippen LogP contribution < -0.4 is 5.32 Å². The summed E-state index contributed by atoms with van der Waals surface area (Å²) in [6, 6.07) is 11.6. The monoisotopic (exact) mass is 486 g/mol. The molecule has 0 saturated heterocycles. The number of thiazole rings is 1. The molecular formula is C20H15ClN6O3S2. The zero-order chi connectivity index (χ0) is 22.8. The molecular weight excluding hydrogens is 472 g/mol. The zero-order valence-corrected chi connectivity index (χ0v) is 19.2. The fourth-order valence-electron chi connectivity index (χ4n) is 2.85. The van der Waals surface area contributed by atoms with Crippen LogP contribution in [0.2, 0.25) is 5.02 Å². The fraction of sp³-hybridized carbons (Fsp3) is 0.100. The van der Waals surface area contributed by atoms with Crippen LogP contribution in [0.15, 0.2) is 58.8 Å². The van der Waals surface area contributed by atoms with E-state index in [1.807, 2.05) is 19.1 Å². The summed E-state index contributed by atoms with van der Waals surface area (Å²) >= 11 is 8.36. The molecule has 162 valence electrons. The first-order valence-corrected chi connectivity index (χ1v) is 11.2. The first kappa shape index (κ1) is 21.9. The molecule has 0 saturated carbocycles. The number of halogens is 1. The Balaban J connectivity index is 1.56. The summed E-state index contributed by atoms with van der Waals surface area (Å²) < 4.78 is 1.65. The molecule has 0 spiro atoms. The number of hydrogen-bond acceptors (Lipinski definition) is 8. The summed E-state index contributed by atoms with van der Waals surface area (Å²) in [5, 5.41) is 23.5. The number of carbonyl (C=O) groups is 1. The lowest BCUT2D eigenvalue weighted by molar-refractivity contribution is -0.387. The van der Waals surface area contributed by atoms with Crippen molar-refractivity contribution in [2.75, 3.05) is 5.32 Å². The summed E-state index contributed by atoms with van der Waals surface area (Å²) in [5.41, 5.74) is 1.58. The number of benzene rings is 2. The van der Waals surface area contributed by atoms with Gasteiger partial charge in [-0.2, -0.15) is 0 Å². The minimum absolute atomic E-state index is 0.153. The van der Waals surface area contributed by atoms with E-state index in [1.54, 1.807) is 23.7 Å². The van der Waals surface area contributed by atoms with E-state index in [-0.39, 0.29) is 11.3 Å². The van der Waals surface area contributed by atoms with Gasteiger partial charge in [0.2, 0.25) is 0 Å². The Morgan fingerprint density at radius 2 is 2.00 bits per heavy atom. The minimum atomic E-state index is -0.526. The highest BCUT2D eigenvalue weighted by molar-refractivity contribution is 7.99. The highest BCUT2D eigenvalue weighted by Crippen LogP contribution is 2.35. The van der Waals surface area contributed by atoms with Crippen LogP contribution in [-0.4, -0.2) is 30.6 Å². The number of nitro groups is 1. The van der Waals surface area contributed by atoms with Crippen molar-refractivity contribution >= 4 is 51.4 Å². The Labute approximate surface area is 195 Å². The molecule has 1 N–H and O–H groups in total. The quantitative estimate of drug-likeness (QED) is 0.293. The van der Waals surface area contributed by atoms with E-state index in [9.17, 15) is 14.9 Å². The molecule has 4 aromatic rings. The summed E-state index contributed by atoms with van der Waals surface area (Å²) in [7, 11) is 1.74. The number of nitrogens with one attached hydrogen (secondary N) is 1. The molecule has 0 aliphatic heterocycles. The van der Waals surface area contributed by atoms with Crippen molar-refractivity contribution in [3.8, 4) is 11.3 Å². The fourth-order valence-corrected chi connectivity index (χ4v) is 4.65. The van der Waals surface area contributed by atoms with Crippen molar-refractivity contribution in [3.63, 3.8) is 0 Å². The van der Waals surface area contributed by atoms with Gasteiger partial charge in [-0.3, -0.25) is 20.2 Å². The van der Waals surface area contributed by atoms with Crippen LogP contribution in [-0.2, 0) is 7.05 Å². The summed E-state index contributed by atoms with van der Waals surface area (Å²) in [4.78, 5) is 29.6. The molecule has 2 heterocycles. The van der Waals surface area contributed by atoms with Crippen molar-refractivity contribution in [2.45, 2.75) is 17.0 Å². The van der Waals surface area contributed by atoms with Crippen LogP contribution in [0.25, 0.3) is 11.3 Å². The van der Waals surface area contributed by atoms with Crippen LogP contribution in [0, 0.1) is 17.0 Å². The largest absolute Gasteiger partial charge is 0.311 e. The number of rotatable bonds is 6. The van der Waals surface area contributed by atoms with Crippen LogP contribution in [0.1, 0.15) is 15.2 Å². The molecule has 0 radical (unpaired) electrons. The average molecular weight is 487 g/mol.